The normalized spacial score (nSPS) is 11.8. The smallest absolute Gasteiger partial charge is 0.313 e. The van der Waals surface area contributed by atoms with Crippen LogP contribution in [0.15, 0.2) is 48.7 Å². The van der Waals surface area contributed by atoms with Crippen molar-refractivity contribution < 1.29 is 9.53 Å². The predicted molar refractivity (Wildman–Crippen MR) is 73.3 cm³/mol. The summed E-state index contributed by atoms with van der Waals surface area (Å²) in [7, 11) is 0. The third kappa shape index (κ3) is 3.55. The number of nitrogens with zero attached hydrogens (tertiary/aromatic N) is 1. The first-order chi connectivity index (χ1) is 9.16. The minimum absolute atomic E-state index is 0.187. The topological polar surface area (TPSA) is 65.2 Å². The fourth-order valence-corrected chi connectivity index (χ4v) is 1.72. The molecule has 2 aromatic rings. The van der Waals surface area contributed by atoms with E-state index >= 15 is 0 Å². The van der Waals surface area contributed by atoms with Crippen LogP contribution in [0.1, 0.15) is 24.1 Å². The molecule has 0 aliphatic rings. The molecular weight excluding hydrogens is 240 g/mol. The molecular formula is C15H16N2O2. The van der Waals surface area contributed by atoms with Gasteiger partial charge in [-0.3, -0.25) is 9.78 Å². The van der Waals surface area contributed by atoms with Crippen molar-refractivity contribution in [3.63, 3.8) is 0 Å². The van der Waals surface area contributed by atoms with E-state index in [1.807, 2.05) is 30.3 Å². The van der Waals surface area contributed by atoms with Crippen LogP contribution in [-0.2, 0) is 16.1 Å². The molecule has 0 aliphatic heterocycles. The Bertz CT molecular complexity index is 555. The molecule has 1 aromatic heterocycles. The zero-order valence-corrected chi connectivity index (χ0v) is 10.7. The third-order valence-electron chi connectivity index (χ3n) is 2.85. The van der Waals surface area contributed by atoms with Gasteiger partial charge in [0.25, 0.3) is 0 Å². The van der Waals surface area contributed by atoms with E-state index in [-0.39, 0.29) is 18.5 Å². The van der Waals surface area contributed by atoms with Crippen LogP contribution in [0.4, 0.5) is 5.69 Å². The zero-order chi connectivity index (χ0) is 13.7. The maximum Gasteiger partial charge on any atom is 0.313 e. The third-order valence-corrected chi connectivity index (χ3v) is 2.85. The van der Waals surface area contributed by atoms with E-state index in [4.69, 9.17) is 10.5 Å². The molecule has 0 aliphatic carbocycles. The number of carbonyl (C=O) groups is 1. The average Bonchev–Trinajstić information content (AvgIpc) is 2.45. The molecule has 0 radical (unpaired) electrons. The molecule has 0 spiro atoms. The lowest BCUT2D eigenvalue weighted by molar-refractivity contribution is -0.146. The van der Waals surface area contributed by atoms with E-state index in [9.17, 15) is 4.79 Å². The number of anilines is 1. The van der Waals surface area contributed by atoms with Gasteiger partial charge < -0.3 is 10.5 Å². The second-order valence-corrected chi connectivity index (χ2v) is 4.32. The highest BCUT2D eigenvalue weighted by Crippen LogP contribution is 2.19. The van der Waals surface area contributed by atoms with Crippen LogP contribution in [0, 0.1) is 0 Å². The number of ether oxygens (including phenoxy) is 1. The largest absolute Gasteiger partial charge is 0.459 e. The van der Waals surface area contributed by atoms with Gasteiger partial charge in [-0.05, 0) is 36.8 Å². The summed E-state index contributed by atoms with van der Waals surface area (Å²) in [5, 5.41) is 0. The molecule has 0 saturated heterocycles. The number of hydrogen-bond acceptors (Lipinski definition) is 4. The van der Waals surface area contributed by atoms with E-state index in [0.29, 0.717) is 5.69 Å². The fraction of sp³-hybridized carbons (Fsp3) is 0.200. The van der Waals surface area contributed by atoms with Crippen LogP contribution in [0.2, 0.25) is 0 Å². The number of carbonyl (C=O) groups excluding carboxylic acids is 1. The van der Waals surface area contributed by atoms with Crippen molar-refractivity contribution in [3.8, 4) is 0 Å². The molecule has 1 heterocycles. The molecule has 0 amide bonds. The molecule has 0 saturated carbocycles. The lowest BCUT2D eigenvalue weighted by Crippen LogP contribution is -2.13. The quantitative estimate of drug-likeness (QED) is 0.674. The second-order valence-electron chi connectivity index (χ2n) is 4.32. The fourth-order valence-electron chi connectivity index (χ4n) is 1.72. The minimum Gasteiger partial charge on any atom is -0.459 e. The van der Waals surface area contributed by atoms with E-state index in [1.54, 1.807) is 25.3 Å². The van der Waals surface area contributed by atoms with Crippen molar-refractivity contribution in [2.75, 3.05) is 5.73 Å². The van der Waals surface area contributed by atoms with Gasteiger partial charge in [-0.2, -0.15) is 0 Å². The molecule has 4 nitrogen and oxygen atoms in total. The average molecular weight is 256 g/mol. The van der Waals surface area contributed by atoms with Gasteiger partial charge in [0, 0.05) is 11.9 Å². The van der Waals surface area contributed by atoms with Crippen LogP contribution in [0.25, 0.3) is 0 Å². The van der Waals surface area contributed by atoms with Crippen molar-refractivity contribution in [1.82, 2.24) is 4.98 Å². The number of hydrogen-bond donors (Lipinski definition) is 1. The van der Waals surface area contributed by atoms with E-state index in [1.165, 1.54) is 0 Å². The van der Waals surface area contributed by atoms with Gasteiger partial charge in [0.15, 0.2) is 0 Å². The molecule has 0 bridgehead atoms. The number of pyridine rings is 1. The Morgan fingerprint density at radius 3 is 2.84 bits per heavy atom. The zero-order valence-electron chi connectivity index (χ0n) is 10.7. The molecule has 98 valence electrons. The van der Waals surface area contributed by atoms with Crippen LogP contribution < -0.4 is 5.73 Å². The van der Waals surface area contributed by atoms with E-state index in [2.05, 4.69) is 4.98 Å². The number of nitrogens with two attached hydrogens (primary N) is 1. The van der Waals surface area contributed by atoms with Gasteiger partial charge in [0.1, 0.15) is 6.61 Å². The predicted octanol–water partition coefficient (Wildman–Crippen LogP) is 2.51. The first-order valence-electron chi connectivity index (χ1n) is 6.09. The van der Waals surface area contributed by atoms with Gasteiger partial charge in [-0.25, -0.2) is 0 Å². The Kier molecular flexibility index (Phi) is 4.13. The maximum atomic E-state index is 11.9. The summed E-state index contributed by atoms with van der Waals surface area (Å²) in [6.07, 6.45) is 1.67. The molecule has 2 N–H and O–H groups in total. The van der Waals surface area contributed by atoms with Gasteiger partial charge >= 0.3 is 5.97 Å². The highest BCUT2D eigenvalue weighted by Gasteiger charge is 2.17. The second kappa shape index (κ2) is 6.00. The number of aromatic nitrogens is 1. The lowest BCUT2D eigenvalue weighted by Gasteiger charge is -2.12. The summed E-state index contributed by atoms with van der Waals surface area (Å²) >= 11 is 0. The summed E-state index contributed by atoms with van der Waals surface area (Å²) in [6, 6.07) is 12.8. The number of benzene rings is 1. The number of esters is 1. The molecule has 0 fully saturated rings. The SMILES string of the molecule is CC(C(=O)OCc1ccccn1)c1cccc(N)c1. The van der Waals surface area contributed by atoms with Crippen LogP contribution in [-0.4, -0.2) is 11.0 Å². The first kappa shape index (κ1) is 13.1. The van der Waals surface area contributed by atoms with Crippen LogP contribution >= 0.6 is 0 Å². The first-order valence-corrected chi connectivity index (χ1v) is 6.09. The Morgan fingerprint density at radius 2 is 2.16 bits per heavy atom. The maximum absolute atomic E-state index is 11.9. The Morgan fingerprint density at radius 1 is 1.32 bits per heavy atom. The molecule has 4 heteroatoms. The van der Waals surface area contributed by atoms with E-state index in [0.717, 1.165) is 11.3 Å². The van der Waals surface area contributed by atoms with Crippen LogP contribution in [0.5, 0.6) is 0 Å². The number of nitrogen functional groups attached to an aromatic ring is 1. The van der Waals surface area contributed by atoms with Gasteiger partial charge in [-0.15, -0.1) is 0 Å². The van der Waals surface area contributed by atoms with Crippen LogP contribution in [0.3, 0.4) is 0 Å². The van der Waals surface area contributed by atoms with Gasteiger partial charge in [0.2, 0.25) is 0 Å². The standard InChI is InChI=1S/C15H16N2O2/c1-11(12-5-4-6-13(16)9-12)15(18)19-10-14-7-2-3-8-17-14/h2-9,11H,10,16H2,1H3. The minimum atomic E-state index is -0.341. The van der Waals surface area contributed by atoms with Crippen molar-refractivity contribution in [2.45, 2.75) is 19.4 Å². The Balaban J connectivity index is 1.96. The van der Waals surface area contributed by atoms with Crippen molar-refractivity contribution in [3.05, 3.63) is 59.9 Å². The van der Waals surface area contributed by atoms with Gasteiger partial charge in [-0.1, -0.05) is 18.2 Å². The molecule has 1 unspecified atom stereocenters. The van der Waals surface area contributed by atoms with Crippen molar-refractivity contribution in [2.24, 2.45) is 0 Å². The molecule has 1 atom stereocenters. The molecule has 1 aromatic carbocycles. The van der Waals surface area contributed by atoms with E-state index < -0.39 is 0 Å². The summed E-state index contributed by atoms with van der Waals surface area (Å²) in [5.74, 6) is -0.622. The van der Waals surface area contributed by atoms with Crippen molar-refractivity contribution in [1.29, 1.82) is 0 Å². The summed E-state index contributed by atoms with van der Waals surface area (Å²) in [6.45, 7) is 1.99. The van der Waals surface area contributed by atoms with Crippen molar-refractivity contribution >= 4 is 11.7 Å². The highest BCUT2D eigenvalue weighted by molar-refractivity contribution is 5.78. The Labute approximate surface area is 112 Å². The van der Waals surface area contributed by atoms with Gasteiger partial charge in [0.05, 0.1) is 11.6 Å². The Hall–Kier alpha value is -2.36. The highest BCUT2D eigenvalue weighted by atomic mass is 16.5. The molecule has 2 rings (SSSR count). The molecule has 19 heavy (non-hydrogen) atoms. The summed E-state index contributed by atoms with van der Waals surface area (Å²) < 4.78 is 5.24. The number of rotatable bonds is 4. The summed E-state index contributed by atoms with van der Waals surface area (Å²) in [4.78, 5) is 16.0. The lowest BCUT2D eigenvalue weighted by atomic mass is 10.0. The monoisotopic (exact) mass is 256 g/mol. The summed E-state index contributed by atoms with van der Waals surface area (Å²) in [5.41, 5.74) is 7.92.